The smallest absolute Gasteiger partial charge is 0.330 e. The van der Waals surface area contributed by atoms with E-state index < -0.39 is 15.8 Å². The van der Waals surface area contributed by atoms with Gasteiger partial charge in [0.1, 0.15) is 0 Å². The number of rotatable bonds is 4. The standard InChI is InChI=1S/C8H14O2.C4H4O2S/c1-3-4-5-6-7(2)8(9)10;5-7(6)3-1-2-4-7/h6H,3-5H2,1-2H3,(H,9,10);1-4H/b7-6-;. The molecule has 0 saturated carbocycles. The topological polar surface area (TPSA) is 71.4 Å². The quantitative estimate of drug-likeness (QED) is 0.621. The zero-order valence-corrected chi connectivity index (χ0v) is 10.9. The molecule has 0 radical (unpaired) electrons. The molecule has 0 aliphatic carbocycles. The van der Waals surface area contributed by atoms with E-state index in [1.54, 1.807) is 13.0 Å². The highest BCUT2D eigenvalue weighted by Gasteiger charge is 2.00. The second kappa shape index (κ2) is 7.84. The summed E-state index contributed by atoms with van der Waals surface area (Å²) in [6.07, 6.45) is 7.83. The molecule has 0 aromatic heterocycles. The monoisotopic (exact) mass is 258 g/mol. The first-order chi connectivity index (χ1) is 7.89. The number of carbonyl (C=O) groups is 1. The fraction of sp³-hybridized carbons (Fsp3) is 0.417. The van der Waals surface area contributed by atoms with E-state index in [9.17, 15) is 13.2 Å². The highest BCUT2D eigenvalue weighted by molar-refractivity contribution is 7.97. The third-order valence-corrected chi connectivity index (χ3v) is 3.07. The van der Waals surface area contributed by atoms with Gasteiger partial charge in [-0.25, -0.2) is 13.2 Å². The summed E-state index contributed by atoms with van der Waals surface area (Å²) in [5.41, 5.74) is 0.452. The Kier molecular flexibility index (Phi) is 7.21. The fourth-order valence-electron chi connectivity index (χ4n) is 0.965. The summed E-state index contributed by atoms with van der Waals surface area (Å²) < 4.78 is 20.5. The van der Waals surface area contributed by atoms with Gasteiger partial charge in [0.2, 0.25) is 0 Å². The molecule has 1 aliphatic rings. The molecule has 1 rings (SSSR count). The van der Waals surface area contributed by atoms with Gasteiger partial charge in [0.05, 0.1) is 0 Å². The van der Waals surface area contributed by atoms with Crippen LogP contribution in [-0.2, 0) is 14.6 Å². The Hall–Kier alpha value is -1.36. The normalized spacial score (nSPS) is 16.5. The summed E-state index contributed by atoms with van der Waals surface area (Å²) in [5.74, 6) is -0.809. The Balaban J connectivity index is 0.000000318. The summed E-state index contributed by atoms with van der Waals surface area (Å²) in [4.78, 5) is 10.2. The Labute approximate surface area is 102 Å². The van der Waals surface area contributed by atoms with Crippen LogP contribution in [0, 0.1) is 0 Å². The highest BCUT2D eigenvalue weighted by Crippen LogP contribution is 2.01. The fourth-order valence-corrected chi connectivity index (χ4v) is 1.68. The van der Waals surface area contributed by atoms with Crippen molar-refractivity contribution in [1.82, 2.24) is 0 Å². The largest absolute Gasteiger partial charge is 0.478 e. The van der Waals surface area contributed by atoms with Crippen molar-refractivity contribution in [3.8, 4) is 0 Å². The van der Waals surface area contributed by atoms with Crippen LogP contribution >= 0.6 is 0 Å². The van der Waals surface area contributed by atoms with Crippen LogP contribution in [-0.4, -0.2) is 19.5 Å². The SMILES string of the molecule is CCCC/C=C(/C)C(=O)O.O=S1(=O)C=CC=C1. The number of sulfone groups is 1. The van der Waals surface area contributed by atoms with E-state index >= 15 is 0 Å². The molecular formula is C12H18O4S. The molecule has 0 bridgehead atoms. The molecule has 5 heteroatoms. The van der Waals surface area contributed by atoms with E-state index in [4.69, 9.17) is 5.11 Å². The van der Waals surface area contributed by atoms with Crippen LogP contribution in [0.15, 0.2) is 34.6 Å². The van der Waals surface area contributed by atoms with Crippen molar-refractivity contribution in [2.45, 2.75) is 33.1 Å². The molecule has 1 aliphatic heterocycles. The minimum atomic E-state index is -2.91. The lowest BCUT2D eigenvalue weighted by molar-refractivity contribution is -0.132. The van der Waals surface area contributed by atoms with Crippen LogP contribution in [0.1, 0.15) is 33.1 Å². The number of allylic oxidation sites excluding steroid dienone is 3. The van der Waals surface area contributed by atoms with Crippen molar-refractivity contribution in [3.63, 3.8) is 0 Å². The Morgan fingerprint density at radius 3 is 2.12 bits per heavy atom. The van der Waals surface area contributed by atoms with Crippen molar-refractivity contribution in [2.24, 2.45) is 0 Å². The van der Waals surface area contributed by atoms with Crippen molar-refractivity contribution in [3.05, 3.63) is 34.6 Å². The second-order valence-corrected chi connectivity index (χ2v) is 5.30. The average molecular weight is 258 g/mol. The van der Waals surface area contributed by atoms with E-state index in [0.29, 0.717) is 5.57 Å². The number of unbranched alkanes of at least 4 members (excludes halogenated alkanes) is 2. The molecule has 0 spiro atoms. The molecule has 0 fully saturated rings. The highest BCUT2D eigenvalue weighted by atomic mass is 32.2. The van der Waals surface area contributed by atoms with Gasteiger partial charge in [0, 0.05) is 16.4 Å². The number of hydrogen-bond acceptors (Lipinski definition) is 3. The molecule has 0 unspecified atom stereocenters. The number of hydrogen-bond donors (Lipinski definition) is 1. The summed E-state index contributed by atoms with van der Waals surface area (Å²) >= 11 is 0. The Morgan fingerprint density at radius 2 is 1.82 bits per heavy atom. The van der Waals surface area contributed by atoms with Crippen LogP contribution in [0.2, 0.25) is 0 Å². The van der Waals surface area contributed by atoms with Crippen molar-refractivity contribution < 1.29 is 18.3 Å². The van der Waals surface area contributed by atoms with Crippen LogP contribution in [0.3, 0.4) is 0 Å². The molecule has 4 nitrogen and oxygen atoms in total. The van der Waals surface area contributed by atoms with Crippen LogP contribution in [0.5, 0.6) is 0 Å². The molecule has 0 saturated heterocycles. The summed E-state index contributed by atoms with van der Waals surface area (Å²) in [5, 5.41) is 10.7. The van der Waals surface area contributed by atoms with Gasteiger partial charge >= 0.3 is 5.97 Å². The van der Waals surface area contributed by atoms with Crippen molar-refractivity contribution >= 4 is 15.8 Å². The maximum atomic E-state index is 10.3. The molecule has 0 atom stereocenters. The van der Waals surface area contributed by atoms with E-state index in [2.05, 4.69) is 6.92 Å². The maximum Gasteiger partial charge on any atom is 0.330 e. The molecule has 1 heterocycles. The van der Waals surface area contributed by atoms with Gasteiger partial charge in [0.25, 0.3) is 0 Å². The summed E-state index contributed by atoms with van der Waals surface area (Å²) in [6.45, 7) is 3.71. The molecule has 0 aromatic rings. The molecule has 0 aromatic carbocycles. The van der Waals surface area contributed by atoms with Gasteiger partial charge in [-0.3, -0.25) is 0 Å². The lowest BCUT2D eigenvalue weighted by Crippen LogP contribution is -1.95. The number of aliphatic carboxylic acids is 1. The molecular weight excluding hydrogens is 240 g/mol. The third-order valence-electron chi connectivity index (χ3n) is 1.99. The number of carboxylic acids is 1. The minimum absolute atomic E-state index is 0.452. The maximum absolute atomic E-state index is 10.3. The van der Waals surface area contributed by atoms with Crippen LogP contribution in [0.4, 0.5) is 0 Å². The first-order valence-corrected chi connectivity index (χ1v) is 7.00. The van der Waals surface area contributed by atoms with Crippen molar-refractivity contribution in [2.75, 3.05) is 0 Å². The van der Waals surface area contributed by atoms with Gasteiger partial charge in [-0.2, -0.15) is 0 Å². The zero-order valence-electron chi connectivity index (χ0n) is 10.1. The predicted octanol–water partition coefficient (Wildman–Crippen LogP) is 2.65. The molecule has 0 amide bonds. The number of carboxylic acid groups (broad SMARTS) is 1. The van der Waals surface area contributed by atoms with Crippen LogP contribution < -0.4 is 0 Å². The van der Waals surface area contributed by atoms with E-state index in [-0.39, 0.29) is 0 Å². The van der Waals surface area contributed by atoms with Gasteiger partial charge in [0.15, 0.2) is 9.84 Å². The van der Waals surface area contributed by atoms with Gasteiger partial charge in [-0.15, -0.1) is 0 Å². The van der Waals surface area contributed by atoms with Gasteiger partial charge < -0.3 is 5.11 Å². The lowest BCUT2D eigenvalue weighted by atomic mass is 10.2. The van der Waals surface area contributed by atoms with Crippen LogP contribution in [0.25, 0.3) is 0 Å². The van der Waals surface area contributed by atoms with E-state index in [1.807, 2.05) is 0 Å². The van der Waals surface area contributed by atoms with Gasteiger partial charge in [-0.1, -0.05) is 25.8 Å². The Bertz CT molecular complexity index is 409. The molecule has 1 N–H and O–H groups in total. The van der Waals surface area contributed by atoms with Gasteiger partial charge in [-0.05, 0) is 25.5 Å². The molecule has 96 valence electrons. The second-order valence-electron chi connectivity index (χ2n) is 3.58. The summed E-state index contributed by atoms with van der Waals surface area (Å²) in [7, 11) is -2.91. The third kappa shape index (κ3) is 8.45. The lowest BCUT2D eigenvalue weighted by Gasteiger charge is -1.91. The Morgan fingerprint density at radius 1 is 1.29 bits per heavy atom. The summed E-state index contributed by atoms with van der Waals surface area (Å²) in [6, 6.07) is 0. The first-order valence-electron chi connectivity index (χ1n) is 5.39. The average Bonchev–Trinajstić information content (AvgIpc) is 2.64. The predicted molar refractivity (Wildman–Crippen MR) is 68.1 cm³/mol. The van der Waals surface area contributed by atoms with E-state index in [0.717, 1.165) is 30.1 Å². The van der Waals surface area contributed by atoms with E-state index in [1.165, 1.54) is 12.2 Å². The minimum Gasteiger partial charge on any atom is -0.478 e. The first kappa shape index (κ1) is 15.6. The van der Waals surface area contributed by atoms with Crippen molar-refractivity contribution in [1.29, 1.82) is 0 Å². The zero-order chi connectivity index (χ0) is 13.3. The molecule has 17 heavy (non-hydrogen) atoms.